The molecule has 0 spiro atoms. The molecule has 8 nitrogen and oxygen atoms in total. The molecule has 2 heterocycles. The predicted octanol–water partition coefficient (Wildman–Crippen LogP) is 2.12. The monoisotopic (exact) mass is 362 g/mol. The van der Waals surface area contributed by atoms with E-state index in [9.17, 15) is 14.4 Å². The molecule has 3 N–H and O–H groups in total. The number of H-pyrrole nitrogens is 1. The number of amides is 1. The molecule has 0 aliphatic rings. The smallest absolute Gasteiger partial charge is 0.330 e. The first-order valence-electron chi connectivity index (χ1n) is 8.76. The number of rotatable bonds is 7. The third kappa shape index (κ3) is 3.89. The van der Waals surface area contributed by atoms with Gasteiger partial charge in [-0.25, -0.2) is 4.79 Å². The number of hydrogen-bond acceptors (Lipinski definition) is 5. The van der Waals surface area contributed by atoms with Gasteiger partial charge < -0.3 is 15.1 Å². The topological polar surface area (TPSA) is 114 Å². The molecule has 0 saturated heterocycles. The van der Waals surface area contributed by atoms with Gasteiger partial charge in [0, 0.05) is 13.1 Å². The molecule has 0 atom stereocenters. The number of hydrogen-bond donors (Lipinski definition) is 2. The van der Waals surface area contributed by atoms with Gasteiger partial charge in [0.1, 0.15) is 11.6 Å². The summed E-state index contributed by atoms with van der Waals surface area (Å²) in [4.78, 5) is 41.3. The summed E-state index contributed by atoms with van der Waals surface area (Å²) in [6, 6.07) is 1.56. The number of aromatic amines is 1. The van der Waals surface area contributed by atoms with Crippen LogP contribution in [0.15, 0.2) is 26.3 Å². The molecule has 2 rings (SSSR count). The number of anilines is 2. The first-order valence-corrected chi connectivity index (χ1v) is 8.76. The van der Waals surface area contributed by atoms with Crippen LogP contribution in [0.5, 0.6) is 0 Å². The quantitative estimate of drug-likeness (QED) is 0.783. The molecule has 0 saturated carbocycles. The van der Waals surface area contributed by atoms with E-state index >= 15 is 0 Å². The summed E-state index contributed by atoms with van der Waals surface area (Å²) >= 11 is 0. The highest BCUT2D eigenvalue weighted by molar-refractivity contribution is 6.07. The molecule has 0 aliphatic carbocycles. The van der Waals surface area contributed by atoms with Gasteiger partial charge in [-0.15, -0.1) is 0 Å². The second-order valence-corrected chi connectivity index (χ2v) is 6.70. The normalized spacial score (nSPS) is 11.1. The molecule has 2 aromatic heterocycles. The molecule has 8 heteroatoms. The van der Waals surface area contributed by atoms with Crippen molar-refractivity contribution in [3.63, 3.8) is 0 Å². The Balaban J connectivity index is 2.61. The molecule has 0 bridgehead atoms. The Morgan fingerprint density at radius 1 is 1.38 bits per heavy atom. The molecule has 1 amide bonds. The molecule has 2 aromatic rings. The van der Waals surface area contributed by atoms with Crippen LogP contribution in [0.2, 0.25) is 0 Å². The van der Waals surface area contributed by atoms with Crippen molar-refractivity contribution in [1.82, 2.24) is 9.55 Å². The fourth-order valence-electron chi connectivity index (χ4n) is 2.77. The Hall–Kier alpha value is -2.77. The lowest BCUT2D eigenvalue weighted by molar-refractivity contribution is 0.0982. The van der Waals surface area contributed by atoms with Gasteiger partial charge in [-0.3, -0.25) is 19.1 Å². The molecule has 0 unspecified atom stereocenters. The van der Waals surface area contributed by atoms with E-state index in [2.05, 4.69) is 4.98 Å². The highest BCUT2D eigenvalue weighted by Gasteiger charge is 2.27. The maximum absolute atomic E-state index is 13.0. The van der Waals surface area contributed by atoms with Crippen molar-refractivity contribution in [2.45, 2.75) is 47.1 Å². The number of carbonyl (C=O) groups excluding carboxylic acids is 1. The van der Waals surface area contributed by atoms with Crippen LogP contribution >= 0.6 is 0 Å². The maximum atomic E-state index is 13.0. The molecular weight excluding hydrogens is 336 g/mol. The van der Waals surface area contributed by atoms with Crippen LogP contribution in [-0.2, 0) is 6.54 Å². The van der Waals surface area contributed by atoms with Gasteiger partial charge in [0.25, 0.3) is 11.5 Å². The van der Waals surface area contributed by atoms with Gasteiger partial charge in [0.05, 0.1) is 11.8 Å². The van der Waals surface area contributed by atoms with Crippen molar-refractivity contribution < 1.29 is 9.21 Å². The number of nitrogens with one attached hydrogen (secondary N) is 1. The number of unbranched alkanes of at least 4 members (excludes halogenated alkanes) is 1. The molecule has 0 aromatic carbocycles. The number of nitrogens with two attached hydrogens (primary N) is 1. The largest absolute Gasteiger partial charge is 0.469 e. The second-order valence-electron chi connectivity index (χ2n) is 6.70. The molecule has 0 fully saturated rings. The van der Waals surface area contributed by atoms with Crippen molar-refractivity contribution in [2.24, 2.45) is 5.92 Å². The summed E-state index contributed by atoms with van der Waals surface area (Å²) in [5, 5.41) is 0. The van der Waals surface area contributed by atoms with E-state index in [1.54, 1.807) is 13.0 Å². The number of aryl methyl sites for hydroxylation is 1. The minimum Gasteiger partial charge on any atom is -0.469 e. The molecule has 26 heavy (non-hydrogen) atoms. The minimum absolute atomic E-state index is 0.00000283. The zero-order valence-electron chi connectivity index (χ0n) is 15.7. The van der Waals surface area contributed by atoms with Crippen LogP contribution in [-0.4, -0.2) is 22.0 Å². The zero-order valence-corrected chi connectivity index (χ0v) is 15.7. The summed E-state index contributed by atoms with van der Waals surface area (Å²) in [7, 11) is 0. The Morgan fingerprint density at radius 2 is 2.08 bits per heavy atom. The Labute approximate surface area is 151 Å². The van der Waals surface area contributed by atoms with Gasteiger partial charge in [0.2, 0.25) is 0 Å². The maximum Gasteiger partial charge on any atom is 0.330 e. The van der Waals surface area contributed by atoms with Gasteiger partial charge >= 0.3 is 5.69 Å². The second kappa shape index (κ2) is 8.07. The lowest BCUT2D eigenvalue weighted by Gasteiger charge is -2.26. The number of nitrogen functional groups attached to an aromatic ring is 1. The third-order valence-corrected chi connectivity index (χ3v) is 4.10. The van der Waals surface area contributed by atoms with E-state index in [-0.39, 0.29) is 29.9 Å². The summed E-state index contributed by atoms with van der Waals surface area (Å²) in [5.74, 6) is 0.157. The standard InChI is InChI=1S/C18H26N4O4/c1-5-6-8-21-15(19)14(16(23)20-18(21)25)22(10-11(2)3)17(24)13-7-9-26-12(13)4/h7,9,11H,5-6,8,10,19H2,1-4H3,(H,20,23,25). The zero-order chi connectivity index (χ0) is 19.4. The highest BCUT2D eigenvalue weighted by Crippen LogP contribution is 2.22. The van der Waals surface area contributed by atoms with Crippen molar-refractivity contribution in [3.8, 4) is 0 Å². The first kappa shape index (κ1) is 19.6. The molecule has 0 aliphatic heterocycles. The van der Waals surface area contributed by atoms with Crippen LogP contribution in [0, 0.1) is 12.8 Å². The molecule has 142 valence electrons. The number of furan rings is 1. The van der Waals surface area contributed by atoms with Gasteiger partial charge in [-0.05, 0) is 25.3 Å². The Kier molecular flexibility index (Phi) is 6.07. The van der Waals surface area contributed by atoms with E-state index in [4.69, 9.17) is 10.2 Å². The van der Waals surface area contributed by atoms with Crippen LogP contribution < -0.4 is 21.9 Å². The fraction of sp³-hybridized carbons (Fsp3) is 0.500. The van der Waals surface area contributed by atoms with Crippen LogP contribution in [0.1, 0.15) is 49.7 Å². The summed E-state index contributed by atoms with van der Waals surface area (Å²) in [6.07, 6.45) is 3.02. The average molecular weight is 362 g/mol. The van der Waals surface area contributed by atoms with Gasteiger partial charge in [0.15, 0.2) is 5.69 Å². The van der Waals surface area contributed by atoms with E-state index in [0.717, 1.165) is 12.8 Å². The lowest BCUT2D eigenvalue weighted by Crippen LogP contribution is -2.42. The minimum atomic E-state index is -0.671. The van der Waals surface area contributed by atoms with Crippen LogP contribution in [0.3, 0.4) is 0 Å². The molecular formula is C18H26N4O4. The SMILES string of the molecule is CCCCn1c(N)c(N(CC(C)C)C(=O)c2ccoc2C)c(=O)[nH]c1=O. The Morgan fingerprint density at radius 3 is 2.62 bits per heavy atom. The highest BCUT2D eigenvalue weighted by atomic mass is 16.3. The Bertz CT molecular complexity index is 891. The van der Waals surface area contributed by atoms with Gasteiger partial charge in [-0.2, -0.15) is 0 Å². The van der Waals surface area contributed by atoms with E-state index in [1.165, 1.54) is 15.7 Å². The third-order valence-electron chi connectivity index (χ3n) is 4.10. The summed E-state index contributed by atoms with van der Waals surface area (Å²) in [6.45, 7) is 8.18. The van der Waals surface area contributed by atoms with E-state index < -0.39 is 11.2 Å². The summed E-state index contributed by atoms with van der Waals surface area (Å²) < 4.78 is 6.52. The van der Waals surface area contributed by atoms with E-state index in [1.807, 2.05) is 20.8 Å². The van der Waals surface area contributed by atoms with Crippen molar-refractivity contribution >= 4 is 17.4 Å². The van der Waals surface area contributed by atoms with Crippen molar-refractivity contribution in [3.05, 3.63) is 44.5 Å². The van der Waals surface area contributed by atoms with Gasteiger partial charge in [-0.1, -0.05) is 27.2 Å². The number of aromatic nitrogens is 2. The summed E-state index contributed by atoms with van der Waals surface area (Å²) in [5.41, 5.74) is 5.28. The first-order chi connectivity index (χ1) is 12.3. The van der Waals surface area contributed by atoms with Crippen molar-refractivity contribution in [2.75, 3.05) is 17.2 Å². The number of nitrogens with zero attached hydrogens (tertiary/aromatic N) is 2. The average Bonchev–Trinajstić information content (AvgIpc) is 2.98. The van der Waals surface area contributed by atoms with Crippen LogP contribution in [0.4, 0.5) is 11.5 Å². The lowest BCUT2D eigenvalue weighted by atomic mass is 10.1. The van der Waals surface area contributed by atoms with Crippen LogP contribution in [0.25, 0.3) is 0 Å². The van der Waals surface area contributed by atoms with E-state index in [0.29, 0.717) is 17.9 Å². The number of carbonyl (C=O) groups is 1. The van der Waals surface area contributed by atoms with Crippen molar-refractivity contribution in [1.29, 1.82) is 0 Å². The fourth-order valence-corrected chi connectivity index (χ4v) is 2.77. The predicted molar refractivity (Wildman–Crippen MR) is 101 cm³/mol. The molecule has 0 radical (unpaired) electrons.